The van der Waals surface area contributed by atoms with Gasteiger partial charge in [-0.15, -0.1) is 0 Å². The van der Waals surface area contributed by atoms with E-state index in [1.807, 2.05) is 0 Å². The Morgan fingerprint density at radius 2 is 1.98 bits per heavy atom. The molecule has 2 heterocycles. The van der Waals surface area contributed by atoms with Crippen LogP contribution in [-0.4, -0.2) is 49.2 Å². The third-order valence-corrected chi connectivity index (χ3v) is 6.90. The summed E-state index contributed by atoms with van der Waals surface area (Å²) in [7, 11) is 0. The molecule has 13 heteroatoms. The lowest BCUT2D eigenvalue weighted by atomic mass is 10.0. The minimum absolute atomic E-state index is 0.0887. The number of aliphatic hydroxyl groups excluding tert-OH is 1. The highest BCUT2D eigenvalue weighted by Gasteiger charge is 2.33. The van der Waals surface area contributed by atoms with Crippen LogP contribution >= 0.6 is 0 Å². The largest absolute Gasteiger partial charge is 0.390 e. The standard InChI is InChI=1S/C29H25FN8O4/c1-15(39)18-5-6-20-19(9-18)10-24(40)26(20)37-29(42)23-11-22(36-27-21(30)13-35-38(23)27)28(41)33-12-17-4-2-3-16(7-17)8-25(32)34-14-31/h2-7,9,11,13,24,26,40H,8,10,12H2,1H3,(H2,32,34)(H,33,41)(H,37,42)/t24-,26-/m1/s1. The Balaban J connectivity index is 1.37. The Bertz CT molecular complexity index is 1810. The number of carbonyl (C=O) groups excluding carboxylic acids is 3. The van der Waals surface area contributed by atoms with Gasteiger partial charge in [0, 0.05) is 31.0 Å². The lowest BCUT2D eigenvalue weighted by Crippen LogP contribution is -2.35. The van der Waals surface area contributed by atoms with Crippen LogP contribution in [0, 0.1) is 17.3 Å². The van der Waals surface area contributed by atoms with E-state index < -0.39 is 29.8 Å². The fourth-order valence-corrected chi connectivity index (χ4v) is 4.89. The number of hydrogen-bond acceptors (Lipinski definition) is 8. The van der Waals surface area contributed by atoms with Crippen LogP contribution in [0.4, 0.5) is 4.39 Å². The molecular formula is C29H25FN8O4. The molecule has 0 saturated carbocycles. The summed E-state index contributed by atoms with van der Waals surface area (Å²) in [6, 6.07) is 12.5. The molecule has 5 rings (SSSR count). The molecule has 0 bridgehead atoms. The van der Waals surface area contributed by atoms with Crippen LogP contribution in [-0.2, 0) is 19.4 Å². The smallest absolute Gasteiger partial charge is 0.270 e. The number of nitrogens with two attached hydrogens (primary N) is 1. The summed E-state index contributed by atoms with van der Waals surface area (Å²) in [5.41, 5.74) is 8.39. The zero-order valence-electron chi connectivity index (χ0n) is 22.3. The number of aliphatic imine (C=N–C) groups is 1. The fraction of sp³-hybridized carbons (Fsp3) is 0.207. The van der Waals surface area contributed by atoms with E-state index in [0.717, 1.165) is 27.4 Å². The van der Waals surface area contributed by atoms with Crippen molar-refractivity contribution in [2.75, 3.05) is 0 Å². The van der Waals surface area contributed by atoms with Crippen LogP contribution in [0.3, 0.4) is 0 Å². The highest BCUT2D eigenvalue weighted by molar-refractivity contribution is 5.98. The average Bonchev–Trinajstić information content (AvgIpc) is 3.49. The minimum atomic E-state index is -0.960. The molecule has 0 aliphatic heterocycles. The summed E-state index contributed by atoms with van der Waals surface area (Å²) in [4.78, 5) is 45.8. The number of nitriles is 1. The molecule has 0 radical (unpaired) electrons. The lowest BCUT2D eigenvalue weighted by Gasteiger charge is -2.18. The number of hydrogen-bond donors (Lipinski definition) is 4. The van der Waals surface area contributed by atoms with Crippen molar-refractivity contribution >= 4 is 29.1 Å². The van der Waals surface area contributed by atoms with Gasteiger partial charge in [0.05, 0.1) is 18.3 Å². The predicted molar refractivity (Wildman–Crippen MR) is 148 cm³/mol. The molecule has 2 aromatic heterocycles. The second-order valence-corrected chi connectivity index (χ2v) is 9.83. The molecule has 0 unspecified atom stereocenters. The van der Waals surface area contributed by atoms with Gasteiger partial charge in [0.1, 0.15) is 17.2 Å². The minimum Gasteiger partial charge on any atom is -0.390 e. The number of benzene rings is 2. The van der Waals surface area contributed by atoms with Crippen molar-refractivity contribution in [1.29, 1.82) is 5.26 Å². The quantitative estimate of drug-likeness (QED) is 0.107. The van der Waals surface area contributed by atoms with Crippen molar-refractivity contribution in [3.63, 3.8) is 0 Å². The first kappa shape index (κ1) is 28.1. The molecule has 1 aliphatic carbocycles. The molecule has 1 aliphatic rings. The first-order valence-corrected chi connectivity index (χ1v) is 12.9. The summed E-state index contributed by atoms with van der Waals surface area (Å²) in [5.74, 6) is -2.17. The molecule has 5 N–H and O–H groups in total. The fourth-order valence-electron chi connectivity index (χ4n) is 4.89. The van der Waals surface area contributed by atoms with E-state index in [2.05, 4.69) is 25.7 Å². The van der Waals surface area contributed by atoms with Gasteiger partial charge in [0.15, 0.2) is 17.2 Å². The summed E-state index contributed by atoms with van der Waals surface area (Å²) in [6.07, 6.45) is 2.05. The van der Waals surface area contributed by atoms with Crippen molar-refractivity contribution in [2.45, 2.75) is 38.5 Å². The molecule has 0 fully saturated rings. The number of ketones is 1. The van der Waals surface area contributed by atoms with E-state index in [1.165, 1.54) is 13.0 Å². The highest BCUT2D eigenvalue weighted by atomic mass is 19.1. The van der Waals surface area contributed by atoms with E-state index in [0.29, 0.717) is 11.1 Å². The zero-order valence-corrected chi connectivity index (χ0v) is 22.3. The van der Waals surface area contributed by atoms with Crippen LogP contribution in [0.1, 0.15) is 66.6 Å². The second-order valence-electron chi connectivity index (χ2n) is 9.83. The van der Waals surface area contributed by atoms with Crippen molar-refractivity contribution in [2.24, 2.45) is 10.7 Å². The number of rotatable bonds is 8. The third kappa shape index (κ3) is 5.70. The summed E-state index contributed by atoms with van der Waals surface area (Å²) in [6.45, 7) is 1.53. The van der Waals surface area contributed by atoms with E-state index in [-0.39, 0.29) is 48.0 Å². The molecule has 2 atom stereocenters. The predicted octanol–water partition coefficient (Wildman–Crippen LogP) is 1.77. The van der Waals surface area contributed by atoms with Crippen molar-refractivity contribution in [3.8, 4) is 6.19 Å². The normalized spacial score (nSPS) is 16.1. The van der Waals surface area contributed by atoms with Gasteiger partial charge in [0.2, 0.25) is 6.19 Å². The van der Waals surface area contributed by atoms with E-state index >= 15 is 0 Å². The molecule has 212 valence electrons. The molecule has 0 spiro atoms. The summed E-state index contributed by atoms with van der Waals surface area (Å²) < 4.78 is 15.5. The molecule has 2 amide bonds. The maximum atomic E-state index is 14.5. The third-order valence-electron chi connectivity index (χ3n) is 6.90. The van der Waals surface area contributed by atoms with E-state index in [9.17, 15) is 23.9 Å². The Morgan fingerprint density at radius 1 is 1.19 bits per heavy atom. The molecule has 0 saturated heterocycles. The zero-order chi connectivity index (χ0) is 30.0. The summed E-state index contributed by atoms with van der Waals surface area (Å²) >= 11 is 0. The number of nitrogens with one attached hydrogen (secondary N) is 2. The average molecular weight is 569 g/mol. The van der Waals surface area contributed by atoms with Gasteiger partial charge in [-0.3, -0.25) is 14.4 Å². The second kappa shape index (κ2) is 11.6. The maximum Gasteiger partial charge on any atom is 0.270 e. The first-order valence-electron chi connectivity index (χ1n) is 12.9. The van der Waals surface area contributed by atoms with Gasteiger partial charge in [-0.2, -0.15) is 15.4 Å². The van der Waals surface area contributed by atoms with Crippen molar-refractivity contribution in [1.82, 2.24) is 25.2 Å². The number of carbonyl (C=O) groups is 3. The maximum absolute atomic E-state index is 14.5. The molecule has 12 nitrogen and oxygen atoms in total. The number of aliphatic hydroxyl groups is 1. The molecule has 2 aromatic carbocycles. The van der Waals surface area contributed by atoms with Crippen LogP contribution in [0.15, 0.2) is 59.7 Å². The number of amides is 2. The Labute approximate surface area is 238 Å². The highest BCUT2D eigenvalue weighted by Crippen LogP contribution is 2.32. The van der Waals surface area contributed by atoms with E-state index in [1.54, 1.807) is 48.7 Å². The number of halogens is 1. The Morgan fingerprint density at radius 3 is 2.74 bits per heavy atom. The SMILES string of the molecule is CC(=O)c1ccc2c(c1)C[C@@H](O)[C@@H]2NC(=O)c1cc(C(=O)NCc2cccc(CC(N)=NC#N)c2)nc2c(F)cnn12. The monoisotopic (exact) mass is 568 g/mol. The van der Waals surface area contributed by atoms with Gasteiger partial charge in [-0.25, -0.2) is 13.9 Å². The Hall–Kier alpha value is -5.48. The van der Waals surface area contributed by atoms with Crippen molar-refractivity contribution < 1.29 is 23.9 Å². The number of nitrogens with zero attached hydrogens (tertiary/aromatic N) is 5. The summed E-state index contributed by atoms with van der Waals surface area (Å²) in [5, 5.41) is 28.7. The van der Waals surface area contributed by atoms with Crippen LogP contribution < -0.4 is 16.4 Å². The lowest BCUT2D eigenvalue weighted by molar-refractivity contribution is 0.0850. The van der Waals surface area contributed by atoms with Crippen LogP contribution in [0.25, 0.3) is 5.65 Å². The number of Topliss-reactive ketones (excluding diaryl/α,β-unsaturated/α-hetero) is 1. The number of amidine groups is 1. The first-order chi connectivity index (χ1) is 20.1. The van der Waals surface area contributed by atoms with Gasteiger partial charge in [-0.05, 0) is 35.2 Å². The molecular weight excluding hydrogens is 543 g/mol. The number of aromatic nitrogens is 3. The van der Waals surface area contributed by atoms with Gasteiger partial charge in [0.25, 0.3) is 11.8 Å². The van der Waals surface area contributed by atoms with Crippen LogP contribution in [0.5, 0.6) is 0 Å². The molecule has 4 aromatic rings. The molecule has 42 heavy (non-hydrogen) atoms. The topological polar surface area (TPSA) is 188 Å². The van der Waals surface area contributed by atoms with Crippen molar-refractivity contribution in [3.05, 3.63) is 99.8 Å². The van der Waals surface area contributed by atoms with Crippen LogP contribution in [0.2, 0.25) is 0 Å². The van der Waals surface area contributed by atoms with Gasteiger partial charge in [-0.1, -0.05) is 36.4 Å². The van der Waals surface area contributed by atoms with E-state index in [4.69, 9.17) is 11.0 Å². The number of fused-ring (bicyclic) bond motifs is 2. The van der Waals surface area contributed by atoms with Gasteiger partial charge >= 0.3 is 0 Å². The van der Waals surface area contributed by atoms with Gasteiger partial charge < -0.3 is 21.5 Å². The Kier molecular flexibility index (Phi) is 7.72.